The van der Waals surface area contributed by atoms with Crippen molar-refractivity contribution in [1.82, 2.24) is 5.32 Å². The van der Waals surface area contributed by atoms with E-state index in [9.17, 15) is 0 Å². The van der Waals surface area contributed by atoms with Gasteiger partial charge < -0.3 is 10.1 Å². The van der Waals surface area contributed by atoms with E-state index in [1.54, 1.807) is 0 Å². The molecule has 0 aliphatic rings. The summed E-state index contributed by atoms with van der Waals surface area (Å²) in [5.41, 5.74) is 0. The standard InChI is InChI=1S/C12H27NO/c1-6-7-12(5)14-9-11(4)8-13-10(2)3/h10-13H,6-9H2,1-5H3. The van der Waals surface area contributed by atoms with Gasteiger partial charge in [0, 0.05) is 12.6 Å². The van der Waals surface area contributed by atoms with Gasteiger partial charge in [-0.25, -0.2) is 0 Å². The van der Waals surface area contributed by atoms with Crippen molar-refractivity contribution in [3.63, 3.8) is 0 Å². The van der Waals surface area contributed by atoms with Crippen molar-refractivity contribution < 1.29 is 4.74 Å². The minimum absolute atomic E-state index is 0.418. The molecule has 0 aromatic rings. The molecule has 0 amide bonds. The second-order valence-electron chi connectivity index (χ2n) is 4.60. The van der Waals surface area contributed by atoms with E-state index in [0.29, 0.717) is 18.1 Å². The van der Waals surface area contributed by atoms with E-state index in [1.807, 2.05) is 0 Å². The Kier molecular flexibility index (Phi) is 8.20. The lowest BCUT2D eigenvalue weighted by molar-refractivity contribution is 0.0383. The Bertz CT molecular complexity index is 125. The second kappa shape index (κ2) is 8.25. The monoisotopic (exact) mass is 201 g/mol. The molecule has 0 aromatic heterocycles. The number of rotatable bonds is 8. The Morgan fingerprint density at radius 2 is 1.79 bits per heavy atom. The normalized spacial score (nSPS) is 15.9. The summed E-state index contributed by atoms with van der Waals surface area (Å²) in [4.78, 5) is 0. The van der Waals surface area contributed by atoms with Crippen LogP contribution in [0.1, 0.15) is 47.5 Å². The highest BCUT2D eigenvalue weighted by Gasteiger charge is 2.06. The molecule has 86 valence electrons. The van der Waals surface area contributed by atoms with Gasteiger partial charge in [0.25, 0.3) is 0 Å². The van der Waals surface area contributed by atoms with Gasteiger partial charge in [0.1, 0.15) is 0 Å². The van der Waals surface area contributed by atoms with Crippen molar-refractivity contribution >= 4 is 0 Å². The summed E-state index contributed by atoms with van der Waals surface area (Å²) in [6.45, 7) is 12.9. The maximum atomic E-state index is 5.74. The zero-order valence-corrected chi connectivity index (χ0v) is 10.5. The third-order valence-corrected chi connectivity index (χ3v) is 2.24. The molecule has 1 N–H and O–H groups in total. The topological polar surface area (TPSA) is 21.3 Å². The first kappa shape index (κ1) is 13.9. The zero-order valence-electron chi connectivity index (χ0n) is 10.5. The van der Waals surface area contributed by atoms with Gasteiger partial charge in [-0.2, -0.15) is 0 Å². The van der Waals surface area contributed by atoms with Crippen molar-refractivity contribution in [3.05, 3.63) is 0 Å². The minimum Gasteiger partial charge on any atom is -0.378 e. The van der Waals surface area contributed by atoms with Crippen LogP contribution in [0.5, 0.6) is 0 Å². The molecule has 0 spiro atoms. The fourth-order valence-electron chi connectivity index (χ4n) is 1.31. The van der Waals surface area contributed by atoms with E-state index < -0.39 is 0 Å². The molecule has 14 heavy (non-hydrogen) atoms. The van der Waals surface area contributed by atoms with Crippen LogP contribution < -0.4 is 5.32 Å². The molecule has 0 radical (unpaired) electrons. The molecular formula is C12H27NO. The van der Waals surface area contributed by atoms with Crippen LogP contribution in [-0.4, -0.2) is 25.3 Å². The quantitative estimate of drug-likeness (QED) is 0.652. The number of hydrogen-bond donors (Lipinski definition) is 1. The van der Waals surface area contributed by atoms with Crippen molar-refractivity contribution in [1.29, 1.82) is 0 Å². The Morgan fingerprint density at radius 3 is 2.29 bits per heavy atom. The first-order chi connectivity index (χ1) is 6.56. The van der Waals surface area contributed by atoms with Crippen LogP contribution in [0, 0.1) is 5.92 Å². The lowest BCUT2D eigenvalue weighted by Gasteiger charge is -2.18. The Morgan fingerprint density at radius 1 is 1.14 bits per heavy atom. The van der Waals surface area contributed by atoms with E-state index >= 15 is 0 Å². The Hall–Kier alpha value is -0.0800. The van der Waals surface area contributed by atoms with Crippen LogP contribution >= 0.6 is 0 Å². The van der Waals surface area contributed by atoms with Crippen molar-refractivity contribution in [2.45, 2.75) is 59.6 Å². The maximum Gasteiger partial charge on any atom is 0.0547 e. The summed E-state index contributed by atoms with van der Waals surface area (Å²) >= 11 is 0. The highest BCUT2D eigenvalue weighted by Crippen LogP contribution is 2.04. The summed E-state index contributed by atoms with van der Waals surface area (Å²) in [5, 5.41) is 3.42. The molecule has 2 unspecified atom stereocenters. The van der Waals surface area contributed by atoms with Crippen LogP contribution in [0.2, 0.25) is 0 Å². The highest BCUT2D eigenvalue weighted by molar-refractivity contribution is 4.60. The fraction of sp³-hybridized carbons (Fsp3) is 1.00. The zero-order chi connectivity index (χ0) is 11.0. The molecule has 0 aliphatic heterocycles. The number of ether oxygens (including phenoxy) is 1. The summed E-state index contributed by atoms with van der Waals surface area (Å²) in [5.74, 6) is 0.608. The molecule has 0 saturated carbocycles. The molecule has 2 heteroatoms. The van der Waals surface area contributed by atoms with E-state index in [2.05, 4.69) is 39.9 Å². The van der Waals surface area contributed by atoms with Gasteiger partial charge in [-0.15, -0.1) is 0 Å². The van der Waals surface area contributed by atoms with E-state index in [0.717, 1.165) is 13.2 Å². The van der Waals surface area contributed by atoms with Gasteiger partial charge in [0.2, 0.25) is 0 Å². The summed E-state index contributed by atoms with van der Waals surface area (Å²) in [7, 11) is 0. The SMILES string of the molecule is CCCC(C)OCC(C)CNC(C)C. The van der Waals surface area contributed by atoms with Crippen molar-refractivity contribution in [3.8, 4) is 0 Å². The van der Waals surface area contributed by atoms with Gasteiger partial charge in [-0.1, -0.05) is 34.1 Å². The molecule has 2 nitrogen and oxygen atoms in total. The van der Waals surface area contributed by atoms with E-state index in [-0.39, 0.29) is 0 Å². The predicted octanol–water partition coefficient (Wildman–Crippen LogP) is 2.83. The molecule has 0 bridgehead atoms. The second-order valence-corrected chi connectivity index (χ2v) is 4.60. The third-order valence-electron chi connectivity index (χ3n) is 2.24. The van der Waals surface area contributed by atoms with Gasteiger partial charge in [0.05, 0.1) is 12.7 Å². The lowest BCUT2D eigenvalue weighted by atomic mass is 10.2. The Labute approximate surface area is 89.4 Å². The van der Waals surface area contributed by atoms with Crippen molar-refractivity contribution in [2.75, 3.05) is 13.2 Å². The largest absolute Gasteiger partial charge is 0.378 e. The summed E-state index contributed by atoms with van der Waals surface area (Å²) in [6, 6.07) is 0.575. The average molecular weight is 201 g/mol. The van der Waals surface area contributed by atoms with Gasteiger partial charge in [-0.3, -0.25) is 0 Å². The first-order valence-electron chi connectivity index (χ1n) is 5.91. The molecular weight excluding hydrogens is 174 g/mol. The predicted molar refractivity (Wildman–Crippen MR) is 62.6 cm³/mol. The molecule has 0 aliphatic carbocycles. The van der Waals surface area contributed by atoms with E-state index in [4.69, 9.17) is 4.74 Å². The number of nitrogens with one attached hydrogen (secondary N) is 1. The lowest BCUT2D eigenvalue weighted by Crippen LogP contribution is -2.30. The molecule has 0 saturated heterocycles. The smallest absolute Gasteiger partial charge is 0.0547 e. The van der Waals surface area contributed by atoms with Gasteiger partial charge in [0.15, 0.2) is 0 Å². The maximum absolute atomic E-state index is 5.74. The van der Waals surface area contributed by atoms with Gasteiger partial charge in [-0.05, 0) is 19.3 Å². The highest BCUT2D eigenvalue weighted by atomic mass is 16.5. The Balaban J connectivity index is 3.38. The minimum atomic E-state index is 0.418. The van der Waals surface area contributed by atoms with Crippen LogP contribution in [-0.2, 0) is 4.74 Å². The van der Waals surface area contributed by atoms with Gasteiger partial charge >= 0.3 is 0 Å². The van der Waals surface area contributed by atoms with Crippen LogP contribution in [0.4, 0.5) is 0 Å². The average Bonchev–Trinajstić information content (AvgIpc) is 2.12. The summed E-state index contributed by atoms with van der Waals surface area (Å²) in [6.07, 6.45) is 2.80. The first-order valence-corrected chi connectivity index (χ1v) is 5.91. The molecule has 0 heterocycles. The van der Waals surface area contributed by atoms with Crippen molar-refractivity contribution in [2.24, 2.45) is 5.92 Å². The molecule has 2 atom stereocenters. The molecule has 0 aromatic carbocycles. The fourth-order valence-corrected chi connectivity index (χ4v) is 1.31. The van der Waals surface area contributed by atoms with Crippen LogP contribution in [0.15, 0.2) is 0 Å². The molecule has 0 rings (SSSR count). The number of hydrogen-bond acceptors (Lipinski definition) is 2. The van der Waals surface area contributed by atoms with Crippen LogP contribution in [0.25, 0.3) is 0 Å². The van der Waals surface area contributed by atoms with Crippen LogP contribution in [0.3, 0.4) is 0 Å². The van der Waals surface area contributed by atoms with E-state index in [1.165, 1.54) is 12.8 Å². The third kappa shape index (κ3) is 8.52. The summed E-state index contributed by atoms with van der Waals surface area (Å²) < 4.78 is 5.74. The molecule has 0 fully saturated rings.